The van der Waals surface area contributed by atoms with Gasteiger partial charge >= 0.3 is 0 Å². The quantitative estimate of drug-likeness (QED) is 0.931. The standard InChI is InChI=1S/C19H20FN3O2/c1-13-9-11-23(12-10-13)19(25)17-8-4-7-16(21-17)18(24)22-15-6-3-2-5-14(15)20/h2-8,13H,9-12H2,1H3,(H,22,24). The number of hydrogen-bond acceptors (Lipinski definition) is 3. The normalized spacial score (nSPS) is 15.0. The first-order chi connectivity index (χ1) is 12.0. The average Bonchev–Trinajstić information content (AvgIpc) is 2.64. The van der Waals surface area contributed by atoms with Gasteiger partial charge in [-0.15, -0.1) is 0 Å². The Morgan fingerprint density at radius 1 is 1.08 bits per heavy atom. The third kappa shape index (κ3) is 4.02. The highest BCUT2D eigenvalue weighted by Gasteiger charge is 2.23. The fourth-order valence-electron chi connectivity index (χ4n) is 2.80. The maximum absolute atomic E-state index is 13.7. The summed E-state index contributed by atoms with van der Waals surface area (Å²) in [6.45, 7) is 3.58. The van der Waals surface area contributed by atoms with Crippen LogP contribution in [0.3, 0.4) is 0 Å². The summed E-state index contributed by atoms with van der Waals surface area (Å²) in [5.41, 5.74) is 0.395. The molecule has 0 atom stereocenters. The third-order valence-electron chi connectivity index (χ3n) is 4.39. The molecule has 5 nitrogen and oxygen atoms in total. The minimum atomic E-state index is -0.549. The molecule has 0 bridgehead atoms. The molecule has 0 spiro atoms. The highest BCUT2D eigenvalue weighted by atomic mass is 19.1. The van der Waals surface area contributed by atoms with Gasteiger partial charge in [0.2, 0.25) is 0 Å². The van der Waals surface area contributed by atoms with Gasteiger partial charge in [-0.2, -0.15) is 0 Å². The maximum atomic E-state index is 13.7. The molecule has 2 amide bonds. The van der Waals surface area contributed by atoms with Crippen LogP contribution in [-0.2, 0) is 0 Å². The summed E-state index contributed by atoms with van der Waals surface area (Å²) in [4.78, 5) is 30.8. The second kappa shape index (κ2) is 7.42. The van der Waals surface area contributed by atoms with Crippen LogP contribution in [0.25, 0.3) is 0 Å². The molecule has 25 heavy (non-hydrogen) atoms. The number of para-hydroxylation sites is 1. The first-order valence-corrected chi connectivity index (χ1v) is 8.37. The van der Waals surface area contributed by atoms with E-state index in [9.17, 15) is 14.0 Å². The average molecular weight is 341 g/mol. The van der Waals surface area contributed by atoms with Crippen LogP contribution in [0.5, 0.6) is 0 Å². The number of rotatable bonds is 3. The van der Waals surface area contributed by atoms with Crippen LogP contribution in [0.2, 0.25) is 0 Å². The smallest absolute Gasteiger partial charge is 0.274 e. The first-order valence-electron chi connectivity index (χ1n) is 8.37. The Kier molecular flexibility index (Phi) is 5.07. The van der Waals surface area contributed by atoms with Crippen molar-refractivity contribution in [1.82, 2.24) is 9.88 Å². The number of pyridine rings is 1. The maximum Gasteiger partial charge on any atom is 0.274 e. The molecule has 1 fully saturated rings. The van der Waals surface area contributed by atoms with E-state index in [4.69, 9.17) is 0 Å². The molecular weight excluding hydrogens is 321 g/mol. The Morgan fingerprint density at radius 3 is 2.48 bits per heavy atom. The minimum Gasteiger partial charge on any atom is -0.337 e. The lowest BCUT2D eigenvalue weighted by molar-refractivity contribution is 0.0691. The molecule has 0 unspecified atom stereocenters. The second-order valence-electron chi connectivity index (χ2n) is 6.32. The summed E-state index contributed by atoms with van der Waals surface area (Å²) in [6.07, 6.45) is 1.94. The number of anilines is 1. The van der Waals surface area contributed by atoms with Gasteiger partial charge < -0.3 is 10.2 Å². The molecule has 2 heterocycles. The van der Waals surface area contributed by atoms with Gasteiger partial charge in [0.05, 0.1) is 5.69 Å². The van der Waals surface area contributed by atoms with Crippen LogP contribution in [0.15, 0.2) is 42.5 Å². The minimum absolute atomic E-state index is 0.0797. The van der Waals surface area contributed by atoms with E-state index < -0.39 is 11.7 Å². The van der Waals surface area contributed by atoms with E-state index in [1.807, 2.05) is 0 Å². The molecule has 1 aliphatic heterocycles. The van der Waals surface area contributed by atoms with E-state index in [0.717, 1.165) is 12.8 Å². The summed E-state index contributed by atoms with van der Waals surface area (Å²) in [5.74, 6) is -0.625. The molecule has 1 aliphatic rings. The SMILES string of the molecule is CC1CCN(C(=O)c2cccc(C(=O)Nc3ccccc3F)n2)CC1. The number of halogens is 1. The van der Waals surface area contributed by atoms with Gasteiger partial charge in [-0.1, -0.05) is 25.1 Å². The molecule has 3 rings (SSSR count). The van der Waals surface area contributed by atoms with Crippen LogP contribution in [0, 0.1) is 11.7 Å². The molecule has 1 saturated heterocycles. The Morgan fingerprint density at radius 2 is 1.76 bits per heavy atom. The first kappa shape index (κ1) is 17.1. The molecule has 0 aliphatic carbocycles. The largest absolute Gasteiger partial charge is 0.337 e. The lowest BCUT2D eigenvalue weighted by atomic mass is 9.99. The molecule has 2 aromatic rings. The van der Waals surface area contributed by atoms with E-state index in [0.29, 0.717) is 19.0 Å². The summed E-state index contributed by atoms with van der Waals surface area (Å²) < 4.78 is 13.7. The zero-order valence-corrected chi connectivity index (χ0v) is 14.0. The molecular formula is C19H20FN3O2. The van der Waals surface area contributed by atoms with Crippen molar-refractivity contribution in [3.8, 4) is 0 Å². The predicted octanol–water partition coefficient (Wildman–Crippen LogP) is 3.35. The van der Waals surface area contributed by atoms with Crippen molar-refractivity contribution in [3.05, 3.63) is 59.7 Å². The van der Waals surface area contributed by atoms with Crippen LogP contribution < -0.4 is 5.32 Å². The van der Waals surface area contributed by atoms with Crippen molar-refractivity contribution >= 4 is 17.5 Å². The Balaban J connectivity index is 1.73. The number of benzene rings is 1. The summed E-state index contributed by atoms with van der Waals surface area (Å²) in [5, 5.41) is 2.48. The number of nitrogens with zero attached hydrogens (tertiary/aromatic N) is 2. The Labute approximate surface area is 145 Å². The van der Waals surface area contributed by atoms with Crippen LogP contribution in [-0.4, -0.2) is 34.8 Å². The lowest BCUT2D eigenvalue weighted by Gasteiger charge is -2.30. The summed E-state index contributed by atoms with van der Waals surface area (Å²) >= 11 is 0. The van der Waals surface area contributed by atoms with E-state index in [1.54, 1.807) is 29.2 Å². The molecule has 1 aromatic heterocycles. The zero-order chi connectivity index (χ0) is 17.8. The summed E-state index contributed by atoms with van der Waals surface area (Å²) in [6, 6.07) is 10.6. The number of likely N-dealkylation sites (tertiary alicyclic amines) is 1. The number of aromatic nitrogens is 1. The van der Waals surface area contributed by atoms with Gasteiger partial charge in [-0.05, 0) is 43.0 Å². The molecule has 130 valence electrons. The predicted molar refractivity (Wildman–Crippen MR) is 92.9 cm³/mol. The van der Waals surface area contributed by atoms with Crippen molar-refractivity contribution in [2.75, 3.05) is 18.4 Å². The highest BCUT2D eigenvalue weighted by Crippen LogP contribution is 2.18. The van der Waals surface area contributed by atoms with Gasteiger partial charge in [0.1, 0.15) is 17.2 Å². The Hall–Kier alpha value is -2.76. The fraction of sp³-hybridized carbons (Fsp3) is 0.316. The molecule has 1 aromatic carbocycles. The van der Waals surface area contributed by atoms with Gasteiger partial charge in [0.15, 0.2) is 0 Å². The van der Waals surface area contributed by atoms with Crippen LogP contribution >= 0.6 is 0 Å². The number of piperidine rings is 1. The van der Waals surface area contributed by atoms with E-state index in [-0.39, 0.29) is 23.0 Å². The number of amides is 2. The topological polar surface area (TPSA) is 62.3 Å². The number of carbonyl (C=O) groups is 2. The van der Waals surface area contributed by atoms with E-state index in [1.165, 1.54) is 18.2 Å². The van der Waals surface area contributed by atoms with Crippen molar-refractivity contribution in [3.63, 3.8) is 0 Å². The van der Waals surface area contributed by atoms with Crippen molar-refractivity contribution in [1.29, 1.82) is 0 Å². The lowest BCUT2D eigenvalue weighted by Crippen LogP contribution is -2.38. The zero-order valence-electron chi connectivity index (χ0n) is 14.0. The molecule has 1 N–H and O–H groups in total. The van der Waals surface area contributed by atoms with E-state index in [2.05, 4.69) is 17.2 Å². The number of carbonyl (C=O) groups excluding carboxylic acids is 2. The van der Waals surface area contributed by atoms with Crippen LogP contribution in [0.4, 0.5) is 10.1 Å². The van der Waals surface area contributed by atoms with E-state index >= 15 is 0 Å². The van der Waals surface area contributed by atoms with Crippen LogP contribution in [0.1, 0.15) is 40.7 Å². The van der Waals surface area contributed by atoms with Gasteiger partial charge in [0.25, 0.3) is 11.8 Å². The van der Waals surface area contributed by atoms with Gasteiger partial charge in [-0.3, -0.25) is 9.59 Å². The molecule has 0 saturated carbocycles. The Bertz CT molecular complexity index is 786. The highest BCUT2D eigenvalue weighted by molar-refractivity contribution is 6.03. The number of hydrogen-bond donors (Lipinski definition) is 1. The monoisotopic (exact) mass is 341 g/mol. The second-order valence-corrected chi connectivity index (χ2v) is 6.32. The molecule has 0 radical (unpaired) electrons. The third-order valence-corrected chi connectivity index (χ3v) is 4.39. The molecule has 6 heteroatoms. The van der Waals surface area contributed by atoms with Gasteiger partial charge in [0, 0.05) is 13.1 Å². The van der Waals surface area contributed by atoms with Crippen molar-refractivity contribution < 1.29 is 14.0 Å². The number of nitrogens with one attached hydrogen (secondary N) is 1. The van der Waals surface area contributed by atoms with Gasteiger partial charge in [-0.25, -0.2) is 9.37 Å². The van der Waals surface area contributed by atoms with Crippen molar-refractivity contribution in [2.24, 2.45) is 5.92 Å². The summed E-state index contributed by atoms with van der Waals surface area (Å²) in [7, 11) is 0. The van der Waals surface area contributed by atoms with Crippen molar-refractivity contribution in [2.45, 2.75) is 19.8 Å². The fourth-order valence-corrected chi connectivity index (χ4v) is 2.80.